The number of nitrogens with zero attached hydrogens (tertiary/aromatic N) is 3. The number of carbonyl (C=O) groups excluding carboxylic acids is 4. The fourth-order valence-corrected chi connectivity index (χ4v) is 5.11. The van der Waals surface area contributed by atoms with Crippen LogP contribution in [0, 0.1) is 17.0 Å². The molecule has 0 fully saturated rings. The normalized spacial score (nSPS) is 13.1. The zero-order valence-corrected chi connectivity index (χ0v) is 22.6. The summed E-state index contributed by atoms with van der Waals surface area (Å²) < 4.78 is 5.69. The number of Topliss-reactive ketones (excluding diaryl/α,β-unsaturated/α-hetero) is 1. The Morgan fingerprint density at radius 1 is 0.814 bits per heavy atom. The van der Waals surface area contributed by atoms with Crippen molar-refractivity contribution < 1.29 is 28.8 Å². The molecular formula is C33H21N3O7. The van der Waals surface area contributed by atoms with E-state index in [2.05, 4.69) is 4.98 Å². The van der Waals surface area contributed by atoms with Crippen LogP contribution >= 0.6 is 0 Å². The number of ketones is 1. The minimum absolute atomic E-state index is 0.0125. The van der Waals surface area contributed by atoms with Gasteiger partial charge in [-0.25, -0.2) is 9.69 Å². The highest BCUT2D eigenvalue weighted by molar-refractivity contribution is 6.37. The molecule has 0 bridgehead atoms. The lowest BCUT2D eigenvalue weighted by atomic mass is 9.99. The molecule has 1 atom stereocenters. The van der Waals surface area contributed by atoms with Crippen LogP contribution in [0.4, 0.5) is 11.4 Å². The van der Waals surface area contributed by atoms with Crippen molar-refractivity contribution in [1.82, 2.24) is 4.98 Å². The first-order chi connectivity index (χ1) is 20.7. The Hall–Kier alpha value is -6.03. The molecule has 2 heterocycles. The van der Waals surface area contributed by atoms with Crippen LogP contribution in [0.3, 0.4) is 0 Å². The predicted octanol–water partition coefficient (Wildman–Crippen LogP) is 6.03. The standard InChI is InChI=1S/C33H21N3O7/c1-19-27-28(25-12-5-6-13-26(25)34-19)32(39)35(31(27)38)24-11-7-10-22(18-24)33(40)43-30(29(37)20-8-3-2-4-9-20)21-14-16-23(17-15-21)36(41)42/h2-18,30H,1H3/t30-/m1/s1. The van der Waals surface area contributed by atoms with Crippen LogP contribution in [0.25, 0.3) is 10.9 Å². The van der Waals surface area contributed by atoms with E-state index in [9.17, 15) is 29.3 Å². The molecule has 1 aliphatic rings. The summed E-state index contributed by atoms with van der Waals surface area (Å²) in [5, 5.41) is 11.7. The third-order valence-corrected chi connectivity index (χ3v) is 7.18. The number of carbonyl (C=O) groups is 4. The smallest absolute Gasteiger partial charge is 0.339 e. The Morgan fingerprint density at radius 3 is 2.19 bits per heavy atom. The van der Waals surface area contributed by atoms with Gasteiger partial charge in [-0.15, -0.1) is 0 Å². The van der Waals surface area contributed by atoms with E-state index in [0.29, 0.717) is 16.6 Å². The number of aryl methyl sites for hydroxylation is 1. The molecule has 43 heavy (non-hydrogen) atoms. The number of rotatable bonds is 7. The number of esters is 1. The minimum atomic E-state index is -1.42. The Morgan fingerprint density at radius 2 is 1.47 bits per heavy atom. The molecule has 0 radical (unpaired) electrons. The molecule has 210 valence electrons. The van der Waals surface area contributed by atoms with Crippen molar-refractivity contribution >= 4 is 45.8 Å². The zero-order valence-electron chi connectivity index (χ0n) is 22.6. The van der Waals surface area contributed by atoms with Crippen molar-refractivity contribution in [3.05, 3.63) is 147 Å². The Kier molecular flexibility index (Phi) is 6.79. The molecular weight excluding hydrogens is 550 g/mol. The number of fused-ring (bicyclic) bond motifs is 3. The zero-order chi connectivity index (χ0) is 30.2. The fraction of sp³-hybridized carbons (Fsp3) is 0.0606. The van der Waals surface area contributed by atoms with Gasteiger partial charge in [-0.1, -0.05) is 54.6 Å². The summed E-state index contributed by atoms with van der Waals surface area (Å²) in [7, 11) is 0. The Labute approximate surface area is 244 Å². The predicted molar refractivity (Wildman–Crippen MR) is 156 cm³/mol. The largest absolute Gasteiger partial charge is 0.445 e. The number of nitro benzene ring substituents is 1. The second kappa shape index (κ2) is 10.7. The number of aromatic nitrogens is 1. The van der Waals surface area contributed by atoms with Gasteiger partial charge in [0.1, 0.15) is 0 Å². The summed E-state index contributed by atoms with van der Waals surface area (Å²) in [4.78, 5) is 70.0. The quantitative estimate of drug-likeness (QED) is 0.0759. The van der Waals surface area contributed by atoms with E-state index in [1.54, 1.807) is 61.5 Å². The molecule has 6 rings (SSSR count). The van der Waals surface area contributed by atoms with Crippen LogP contribution in [-0.4, -0.2) is 33.5 Å². The number of nitro groups is 1. The Bertz CT molecular complexity index is 1970. The number of amides is 2. The highest BCUT2D eigenvalue weighted by Gasteiger charge is 2.40. The number of hydrogen-bond acceptors (Lipinski definition) is 8. The van der Waals surface area contributed by atoms with Gasteiger partial charge in [0.2, 0.25) is 5.78 Å². The first kappa shape index (κ1) is 27.2. The van der Waals surface area contributed by atoms with E-state index >= 15 is 0 Å². The van der Waals surface area contributed by atoms with Crippen LogP contribution in [0.15, 0.2) is 103 Å². The molecule has 5 aromatic rings. The minimum Gasteiger partial charge on any atom is -0.445 e. The average Bonchev–Trinajstić information content (AvgIpc) is 3.30. The summed E-state index contributed by atoms with van der Waals surface area (Å²) >= 11 is 0. The second-order valence-corrected chi connectivity index (χ2v) is 9.82. The molecule has 4 aromatic carbocycles. The molecule has 0 saturated carbocycles. The molecule has 1 aromatic heterocycles. The van der Waals surface area contributed by atoms with E-state index in [4.69, 9.17) is 4.74 Å². The van der Waals surface area contributed by atoms with Gasteiger partial charge in [-0.2, -0.15) is 0 Å². The lowest BCUT2D eigenvalue weighted by molar-refractivity contribution is -0.384. The van der Waals surface area contributed by atoms with Gasteiger partial charge in [0.05, 0.1) is 38.5 Å². The van der Waals surface area contributed by atoms with Crippen LogP contribution in [0.5, 0.6) is 0 Å². The number of pyridine rings is 1. The number of hydrogen-bond donors (Lipinski definition) is 0. The van der Waals surface area contributed by atoms with Crippen LogP contribution < -0.4 is 4.90 Å². The van der Waals surface area contributed by atoms with Gasteiger partial charge >= 0.3 is 5.97 Å². The highest BCUT2D eigenvalue weighted by atomic mass is 16.6. The monoisotopic (exact) mass is 571 g/mol. The van der Waals surface area contributed by atoms with Crippen molar-refractivity contribution in [3.8, 4) is 0 Å². The lowest BCUT2D eigenvalue weighted by Gasteiger charge is -2.19. The first-order valence-corrected chi connectivity index (χ1v) is 13.2. The number of anilines is 1. The maximum atomic E-state index is 13.6. The summed E-state index contributed by atoms with van der Waals surface area (Å²) in [6.07, 6.45) is -1.42. The fourth-order valence-electron chi connectivity index (χ4n) is 5.11. The SMILES string of the molecule is Cc1nc2ccccc2c2c1C(=O)N(c1cccc(C(=O)O[C@@H](C(=O)c3ccccc3)c3ccc([N+](=O)[O-])cc3)c1)C2=O. The number of imide groups is 1. The summed E-state index contributed by atoms with van der Waals surface area (Å²) in [6.45, 7) is 1.66. The maximum Gasteiger partial charge on any atom is 0.339 e. The van der Waals surface area contributed by atoms with Crippen molar-refractivity contribution in [2.45, 2.75) is 13.0 Å². The summed E-state index contributed by atoms with van der Waals surface area (Å²) in [5.74, 6) is -2.54. The van der Waals surface area contributed by atoms with Crippen LogP contribution in [0.2, 0.25) is 0 Å². The number of ether oxygens (including phenoxy) is 1. The molecule has 2 amide bonds. The van der Waals surface area contributed by atoms with Crippen molar-refractivity contribution in [1.29, 1.82) is 0 Å². The molecule has 0 aliphatic carbocycles. The van der Waals surface area contributed by atoms with Gasteiger partial charge in [0, 0.05) is 28.6 Å². The molecule has 0 unspecified atom stereocenters. The molecule has 0 spiro atoms. The number of non-ortho nitro benzene ring substituents is 1. The highest BCUT2D eigenvalue weighted by Crippen LogP contribution is 2.35. The lowest BCUT2D eigenvalue weighted by Crippen LogP contribution is -2.29. The maximum absolute atomic E-state index is 13.6. The van der Waals surface area contributed by atoms with Gasteiger partial charge in [-0.05, 0) is 43.3 Å². The van der Waals surface area contributed by atoms with Crippen LogP contribution in [0.1, 0.15) is 58.8 Å². The molecule has 10 nitrogen and oxygen atoms in total. The van der Waals surface area contributed by atoms with E-state index in [1.807, 2.05) is 0 Å². The van der Waals surface area contributed by atoms with Crippen molar-refractivity contribution in [3.63, 3.8) is 0 Å². The van der Waals surface area contributed by atoms with E-state index in [-0.39, 0.29) is 39.2 Å². The topological polar surface area (TPSA) is 137 Å². The van der Waals surface area contributed by atoms with E-state index in [0.717, 1.165) is 4.90 Å². The first-order valence-electron chi connectivity index (χ1n) is 13.2. The number of benzene rings is 4. The molecule has 1 aliphatic heterocycles. The van der Waals surface area contributed by atoms with Gasteiger partial charge < -0.3 is 4.74 Å². The van der Waals surface area contributed by atoms with Crippen LogP contribution in [-0.2, 0) is 4.74 Å². The van der Waals surface area contributed by atoms with Gasteiger partial charge in [0.25, 0.3) is 17.5 Å². The van der Waals surface area contributed by atoms with Crippen molar-refractivity contribution in [2.75, 3.05) is 4.90 Å². The van der Waals surface area contributed by atoms with E-state index in [1.165, 1.54) is 48.5 Å². The molecule has 10 heteroatoms. The Balaban J connectivity index is 1.33. The van der Waals surface area contributed by atoms with Gasteiger partial charge in [0.15, 0.2) is 6.10 Å². The van der Waals surface area contributed by atoms with Crippen molar-refractivity contribution in [2.24, 2.45) is 0 Å². The van der Waals surface area contributed by atoms with Gasteiger partial charge in [-0.3, -0.25) is 29.5 Å². The summed E-state index contributed by atoms with van der Waals surface area (Å²) in [5.41, 5.74) is 1.89. The molecule has 0 N–H and O–H groups in total. The number of para-hydroxylation sites is 1. The third-order valence-electron chi connectivity index (χ3n) is 7.18. The second-order valence-electron chi connectivity index (χ2n) is 9.82. The average molecular weight is 572 g/mol. The third kappa shape index (κ3) is 4.80. The van der Waals surface area contributed by atoms with E-state index < -0.39 is 34.6 Å². The summed E-state index contributed by atoms with van der Waals surface area (Å²) in [6, 6.07) is 26.2. The molecule has 0 saturated heterocycles.